The number of nitrogens with zero attached hydrogens (tertiary/aromatic N) is 2. The van der Waals surface area contributed by atoms with Crippen molar-refractivity contribution in [2.24, 2.45) is 4.99 Å². The van der Waals surface area contributed by atoms with Crippen molar-refractivity contribution in [1.29, 1.82) is 0 Å². The number of benzene rings is 2. The van der Waals surface area contributed by atoms with Crippen LogP contribution in [0.4, 0.5) is 0 Å². The fraction of sp³-hybridized carbons (Fsp3) is 0.269. The molecule has 1 atom stereocenters. The first-order valence-corrected chi connectivity index (χ1v) is 12.1. The number of carbonyl (C=O) groups excluding carboxylic acids is 1. The lowest BCUT2D eigenvalue weighted by Gasteiger charge is -2.25. The van der Waals surface area contributed by atoms with Crippen molar-refractivity contribution in [3.05, 3.63) is 84.5 Å². The lowest BCUT2D eigenvalue weighted by atomic mass is 9.95. The quantitative estimate of drug-likeness (QED) is 0.509. The average molecular weight is 493 g/mol. The predicted molar refractivity (Wildman–Crippen MR) is 131 cm³/mol. The molecule has 5 rings (SSSR count). The van der Waals surface area contributed by atoms with Gasteiger partial charge in [0.15, 0.2) is 16.3 Å². The molecule has 0 saturated carbocycles. The molecule has 0 bridgehead atoms. The minimum absolute atomic E-state index is 0.211. The van der Waals surface area contributed by atoms with E-state index < -0.39 is 12.0 Å². The largest absolute Gasteiger partial charge is 0.496 e. The van der Waals surface area contributed by atoms with Gasteiger partial charge in [-0.2, -0.15) is 0 Å². The highest BCUT2D eigenvalue weighted by atomic mass is 32.1. The highest BCUT2D eigenvalue weighted by molar-refractivity contribution is 7.07. The molecule has 0 fully saturated rings. The lowest BCUT2D eigenvalue weighted by molar-refractivity contribution is -0.139. The van der Waals surface area contributed by atoms with Crippen LogP contribution in [0.25, 0.3) is 6.08 Å². The molecular formula is C26H24N2O6S. The molecule has 8 nitrogen and oxygen atoms in total. The maximum Gasteiger partial charge on any atom is 0.338 e. The van der Waals surface area contributed by atoms with E-state index in [2.05, 4.69) is 4.99 Å². The smallest absolute Gasteiger partial charge is 0.338 e. The molecule has 0 aliphatic carbocycles. The van der Waals surface area contributed by atoms with E-state index in [9.17, 15) is 9.59 Å². The van der Waals surface area contributed by atoms with Crippen LogP contribution in [0.1, 0.15) is 31.0 Å². The van der Waals surface area contributed by atoms with Crippen molar-refractivity contribution in [2.45, 2.75) is 19.9 Å². The Morgan fingerprint density at radius 3 is 2.74 bits per heavy atom. The monoisotopic (exact) mass is 492 g/mol. The van der Waals surface area contributed by atoms with Crippen LogP contribution < -0.4 is 29.1 Å². The summed E-state index contributed by atoms with van der Waals surface area (Å²) in [6.45, 7) is 4.70. The first-order valence-electron chi connectivity index (χ1n) is 11.2. The summed E-state index contributed by atoms with van der Waals surface area (Å²) in [5.74, 6) is 1.38. The number of carbonyl (C=O) groups is 1. The minimum atomic E-state index is -0.733. The van der Waals surface area contributed by atoms with E-state index in [0.717, 1.165) is 5.56 Å². The Bertz CT molecular complexity index is 1520. The van der Waals surface area contributed by atoms with Crippen LogP contribution >= 0.6 is 11.3 Å². The Balaban J connectivity index is 1.70. The third-order valence-corrected chi connectivity index (χ3v) is 6.80. The molecule has 0 radical (unpaired) electrons. The van der Waals surface area contributed by atoms with Gasteiger partial charge >= 0.3 is 5.97 Å². The number of allylic oxidation sites excluding steroid dienone is 1. The molecule has 9 heteroatoms. The number of fused-ring (bicyclic) bond motifs is 2. The molecule has 3 heterocycles. The molecule has 0 amide bonds. The number of hydrogen-bond acceptors (Lipinski definition) is 8. The fourth-order valence-corrected chi connectivity index (χ4v) is 5.33. The number of esters is 1. The van der Waals surface area contributed by atoms with Crippen LogP contribution in [0.15, 0.2) is 63.5 Å². The van der Waals surface area contributed by atoms with Gasteiger partial charge in [0.05, 0.1) is 29.5 Å². The second-order valence-electron chi connectivity index (χ2n) is 7.95. The summed E-state index contributed by atoms with van der Waals surface area (Å²) in [5, 5.41) is 0. The van der Waals surface area contributed by atoms with Gasteiger partial charge in [-0.1, -0.05) is 35.6 Å². The SMILES string of the molecule is CCOC(=O)C1=C(C)N=c2sc(=Cc3ccc4c(c3)OCCO4)c(=O)n2[C@@H]1c1ccccc1OC. The second-order valence-corrected chi connectivity index (χ2v) is 8.96. The maximum absolute atomic E-state index is 13.7. The number of hydrogen-bond donors (Lipinski definition) is 0. The molecule has 1 aromatic heterocycles. The van der Waals surface area contributed by atoms with Gasteiger partial charge in [0.2, 0.25) is 0 Å². The van der Waals surface area contributed by atoms with Crippen LogP contribution in [-0.2, 0) is 9.53 Å². The van der Waals surface area contributed by atoms with Crippen LogP contribution in [-0.4, -0.2) is 37.5 Å². The van der Waals surface area contributed by atoms with Crippen molar-refractivity contribution in [2.75, 3.05) is 26.9 Å². The van der Waals surface area contributed by atoms with Crippen molar-refractivity contribution in [1.82, 2.24) is 4.57 Å². The molecule has 2 aliphatic heterocycles. The molecule has 35 heavy (non-hydrogen) atoms. The molecule has 2 aliphatic rings. The molecule has 3 aromatic rings. The van der Waals surface area contributed by atoms with E-state index in [4.69, 9.17) is 18.9 Å². The molecule has 0 N–H and O–H groups in total. The lowest BCUT2D eigenvalue weighted by Crippen LogP contribution is -2.40. The minimum Gasteiger partial charge on any atom is -0.496 e. The van der Waals surface area contributed by atoms with Crippen molar-refractivity contribution >= 4 is 23.4 Å². The summed E-state index contributed by atoms with van der Waals surface area (Å²) in [6, 6.07) is 12.2. The van der Waals surface area contributed by atoms with Gasteiger partial charge in [0.1, 0.15) is 25.0 Å². The Morgan fingerprint density at radius 1 is 1.20 bits per heavy atom. The van der Waals surface area contributed by atoms with Gasteiger partial charge in [0, 0.05) is 5.56 Å². The number of rotatable bonds is 5. The van der Waals surface area contributed by atoms with E-state index in [1.807, 2.05) is 36.4 Å². The number of aromatic nitrogens is 1. The Kier molecular flexibility index (Phi) is 6.17. The van der Waals surface area contributed by atoms with E-state index in [1.54, 1.807) is 37.7 Å². The fourth-order valence-electron chi connectivity index (χ4n) is 4.28. The summed E-state index contributed by atoms with van der Waals surface area (Å²) in [7, 11) is 1.56. The summed E-state index contributed by atoms with van der Waals surface area (Å²) in [6.07, 6.45) is 1.80. The van der Waals surface area contributed by atoms with Gasteiger partial charge in [-0.15, -0.1) is 0 Å². The molecule has 180 valence electrons. The first kappa shape index (κ1) is 22.9. The van der Waals surface area contributed by atoms with Crippen LogP contribution in [0.5, 0.6) is 17.2 Å². The standard InChI is InChI=1S/C26H24N2O6S/c1-4-32-25(30)22-15(2)27-26-28(23(22)17-7-5-6-8-18(17)31-3)24(29)21(35-26)14-16-9-10-19-20(13-16)34-12-11-33-19/h5-10,13-14,23H,4,11-12H2,1-3H3/t23-/m1/s1. The summed E-state index contributed by atoms with van der Waals surface area (Å²) < 4.78 is 24.2. The summed E-state index contributed by atoms with van der Waals surface area (Å²) in [5.41, 5.74) is 2.05. The third-order valence-electron chi connectivity index (χ3n) is 5.81. The highest BCUT2D eigenvalue weighted by Crippen LogP contribution is 2.35. The van der Waals surface area contributed by atoms with Gasteiger partial charge < -0.3 is 18.9 Å². The van der Waals surface area contributed by atoms with Crippen LogP contribution in [0.2, 0.25) is 0 Å². The van der Waals surface area contributed by atoms with Crippen LogP contribution in [0.3, 0.4) is 0 Å². The van der Waals surface area contributed by atoms with Gasteiger partial charge in [-0.25, -0.2) is 9.79 Å². The van der Waals surface area contributed by atoms with Gasteiger partial charge in [0.25, 0.3) is 5.56 Å². The zero-order chi connectivity index (χ0) is 24.5. The number of methoxy groups -OCH3 is 1. The molecule has 0 saturated heterocycles. The molecular weight excluding hydrogens is 468 g/mol. The molecule has 0 unspecified atom stereocenters. The molecule has 2 aromatic carbocycles. The van der Waals surface area contributed by atoms with Crippen molar-refractivity contribution in [3.8, 4) is 17.2 Å². The zero-order valence-corrected chi connectivity index (χ0v) is 20.4. The van der Waals surface area contributed by atoms with E-state index in [1.165, 1.54) is 11.3 Å². The van der Waals surface area contributed by atoms with E-state index in [0.29, 0.717) is 56.6 Å². The first-order chi connectivity index (χ1) is 17.0. The number of thiazole rings is 1. The third kappa shape index (κ3) is 4.12. The topological polar surface area (TPSA) is 88.4 Å². The highest BCUT2D eigenvalue weighted by Gasteiger charge is 2.34. The van der Waals surface area contributed by atoms with Gasteiger partial charge in [-0.3, -0.25) is 9.36 Å². The Morgan fingerprint density at radius 2 is 1.97 bits per heavy atom. The Hall–Kier alpha value is -3.85. The Labute approximate surface area is 205 Å². The zero-order valence-electron chi connectivity index (χ0n) is 19.6. The van der Waals surface area contributed by atoms with Crippen LogP contribution in [0, 0.1) is 0 Å². The predicted octanol–water partition coefficient (Wildman–Crippen LogP) is 2.58. The summed E-state index contributed by atoms with van der Waals surface area (Å²) >= 11 is 1.27. The second kappa shape index (κ2) is 9.42. The number of para-hydroxylation sites is 1. The normalized spacial score (nSPS) is 17.0. The maximum atomic E-state index is 13.7. The van der Waals surface area contributed by atoms with E-state index >= 15 is 0 Å². The van der Waals surface area contributed by atoms with Crippen molar-refractivity contribution in [3.63, 3.8) is 0 Å². The van der Waals surface area contributed by atoms with Gasteiger partial charge in [-0.05, 0) is 43.7 Å². The van der Waals surface area contributed by atoms with Crippen molar-refractivity contribution < 1.29 is 23.7 Å². The number of ether oxygens (including phenoxy) is 4. The van der Waals surface area contributed by atoms with E-state index in [-0.39, 0.29) is 12.2 Å². The summed E-state index contributed by atoms with van der Waals surface area (Å²) in [4.78, 5) is 31.9. The average Bonchev–Trinajstić information content (AvgIpc) is 3.17. The molecule has 0 spiro atoms.